The van der Waals surface area contributed by atoms with Crippen molar-refractivity contribution in [3.63, 3.8) is 0 Å². The Morgan fingerprint density at radius 1 is 1.25 bits per heavy atom. The van der Waals surface area contributed by atoms with Crippen molar-refractivity contribution in [2.24, 2.45) is 0 Å². The normalized spacial score (nSPS) is 10.6. The van der Waals surface area contributed by atoms with Crippen LogP contribution in [0.1, 0.15) is 15.9 Å². The molecule has 1 amide bonds. The number of carbonyl (C=O) groups excluding carboxylic acids is 1. The molecule has 5 nitrogen and oxygen atoms in total. The monoisotopic (exact) mass is 289 g/mol. The number of anilines is 1. The number of nitrogens with one attached hydrogen (secondary N) is 1. The minimum Gasteiger partial charge on any atom is -0.507 e. The number of aromatic hydroxyl groups is 1. The minimum atomic E-state index is -1.26. The molecule has 0 unspecified atom stereocenters. The first-order valence-corrected chi connectivity index (χ1v) is 6.58. The number of hydrogen-bond donors (Lipinski definition) is 3. The molecule has 0 radical (unpaired) electrons. The van der Waals surface area contributed by atoms with Crippen LogP contribution in [0.5, 0.6) is 5.75 Å². The van der Waals surface area contributed by atoms with Gasteiger partial charge in [0.15, 0.2) is 0 Å². The van der Waals surface area contributed by atoms with Gasteiger partial charge >= 0.3 is 5.97 Å². The van der Waals surface area contributed by atoms with Gasteiger partial charge in [-0.25, -0.2) is 4.79 Å². The van der Waals surface area contributed by atoms with E-state index in [0.29, 0.717) is 5.69 Å². The highest BCUT2D eigenvalue weighted by atomic mass is 32.1. The van der Waals surface area contributed by atoms with Gasteiger partial charge in [-0.15, -0.1) is 0 Å². The smallest absolute Gasteiger partial charge is 0.339 e. The van der Waals surface area contributed by atoms with Crippen molar-refractivity contribution in [1.82, 2.24) is 0 Å². The minimum absolute atomic E-state index is 0.260. The first-order valence-electron chi connectivity index (χ1n) is 5.64. The Morgan fingerprint density at radius 2 is 2.05 bits per heavy atom. The van der Waals surface area contributed by atoms with E-state index in [-0.39, 0.29) is 17.2 Å². The molecule has 1 aromatic carbocycles. The summed E-state index contributed by atoms with van der Waals surface area (Å²) in [4.78, 5) is 22.5. The highest BCUT2D eigenvalue weighted by Gasteiger charge is 2.10. The lowest BCUT2D eigenvalue weighted by Gasteiger charge is -2.05. The number of carbonyl (C=O) groups is 2. The number of aromatic carboxylic acids is 1. The zero-order chi connectivity index (χ0) is 14.5. The van der Waals surface area contributed by atoms with Gasteiger partial charge < -0.3 is 15.5 Å². The van der Waals surface area contributed by atoms with Crippen LogP contribution in [0, 0.1) is 0 Å². The van der Waals surface area contributed by atoms with Crippen LogP contribution >= 0.6 is 11.3 Å². The predicted octanol–water partition coefficient (Wildman–Crippen LogP) is 2.80. The third kappa shape index (κ3) is 3.46. The van der Waals surface area contributed by atoms with Crippen LogP contribution in [0.25, 0.3) is 6.08 Å². The molecule has 1 heterocycles. The number of rotatable bonds is 4. The third-order valence-electron chi connectivity index (χ3n) is 2.46. The maximum atomic E-state index is 11.7. The Balaban J connectivity index is 2.08. The van der Waals surface area contributed by atoms with Gasteiger partial charge in [0.05, 0.1) is 0 Å². The van der Waals surface area contributed by atoms with Gasteiger partial charge in [-0.2, -0.15) is 11.3 Å². The van der Waals surface area contributed by atoms with Crippen LogP contribution < -0.4 is 5.32 Å². The molecule has 0 bridgehead atoms. The van der Waals surface area contributed by atoms with Gasteiger partial charge in [0.2, 0.25) is 5.91 Å². The summed E-state index contributed by atoms with van der Waals surface area (Å²) in [6, 6.07) is 5.73. The van der Waals surface area contributed by atoms with E-state index in [4.69, 9.17) is 5.11 Å². The molecule has 0 saturated carbocycles. The fraction of sp³-hybridized carbons (Fsp3) is 0. The molecule has 102 valence electrons. The van der Waals surface area contributed by atoms with Crippen LogP contribution in [-0.2, 0) is 4.79 Å². The van der Waals surface area contributed by atoms with E-state index in [9.17, 15) is 14.7 Å². The molecule has 0 aliphatic heterocycles. The quantitative estimate of drug-likeness (QED) is 0.596. The second-order valence-corrected chi connectivity index (χ2v) is 4.70. The summed E-state index contributed by atoms with van der Waals surface area (Å²) in [5, 5.41) is 24.6. The molecule has 0 aliphatic rings. The lowest BCUT2D eigenvalue weighted by atomic mass is 10.2. The van der Waals surface area contributed by atoms with Crippen molar-refractivity contribution in [2.45, 2.75) is 0 Å². The molecule has 20 heavy (non-hydrogen) atoms. The standard InChI is InChI=1S/C14H11NO4S/c16-12-3-2-10(7-11(12)14(18)19)15-13(17)4-1-9-5-6-20-8-9/h1-8,16H,(H,15,17)(H,18,19). The number of phenols is 1. The van der Waals surface area contributed by atoms with Crippen molar-refractivity contribution in [1.29, 1.82) is 0 Å². The van der Waals surface area contributed by atoms with Crippen LogP contribution in [0.4, 0.5) is 5.69 Å². The first-order chi connectivity index (χ1) is 9.56. The highest BCUT2D eigenvalue weighted by molar-refractivity contribution is 7.08. The molecule has 0 saturated heterocycles. The zero-order valence-electron chi connectivity index (χ0n) is 10.2. The first kappa shape index (κ1) is 13.8. The molecule has 6 heteroatoms. The van der Waals surface area contributed by atoms with E-state index in [1.54, 1.807) is 6.08 Å². The average Bonchev–Trinajstić information content (AvgIpc) is 2.91. The fourth-order valence-corrected chi connectivity index (χ4v) is 2.14. The molecule has 0 atom stereocenters. The van der Waals surface area contributed by atoms with Gasteiger partial charge in [-0.1, -0.05) is 0 Å². The van der Waals surface area contributed by atoms with Crippen LogP contribution in [0.15, 0.2) is 41.1 Å². The largest absolute Gasteiger partial charge is 0.507 e. The lowest BCUT2D eigenvalue weighted by Crippen LogP contribution is -2.08. The number of amides is 1. The van der Waals surface area contributed by atoms with E-state index < -0.39 is 5.97 Å². The summed E-state index contributed by atoms with van der Waals surface area (Å²) in [5.41, 5.74) is 0.965. The molecular weight excluding hydrogens is 278 g/mol. The summed E-state index contributed by atoms with van der Waals surface area (Å²) in [6.07, 6.45) is 3.01. The summed E-state index contributed by atoms with van der Waals surface area (Å²) in [7, 11) is 0. The van der Waals surface area contributed by atoms with Crippen molar-refractivity contribution in [3.8, 4) is 5.75 Å². The van der Waals surface area contributed by atoms with Crippen LogP contribution in [0.3, 0.4) is 0 Å². The maximum Gasteiger partial charge on any atom is 0.339 e. The number of benzene rings is 1. The number of carboxylic acids is 1. The van der Waals surface area contributed by atoms with Crippen molar-refractivity contribution < 1.29 is 19.8 Å². The average molecular weight is 289 g/mol. The lowest BCUT2D eigenvalue weighted by molar-refractivity contribution is -0.111. The van der Waals surface area contributed by atoms with Crippen molar-refractivity contribution >= 4 is 35.0 Å². The Bertz CT molecular complexity index is 662. The zero-order valence-corrected chi connectivity index (χ0v) is 11.1. The van der Waals surface area contributed by atoms with Crippen LogP contribution in [0.2, 0.25) is 0 Å². The van der Waals surface area contributed by atoms with Crippen molar-refractivity contribution in [3.05, 3.63) is 52.2 Å². The van der Waals surface area contributed by atoms with Gasteiger partial charge in [0.25, 0.3) is 0 Å². The van der Waals surface area contributed by atoms with Crippen molar-refractivity contribution in [2.75, 3.05) is 5.32 Å². The third-order valence-corrected chi connectivity index (χ3v) is 3.17. The van der Waals surface area contributed by atoms with E-state index in [2.05, 4.69) is 5.32 Å². The second-order valence-electron chi connectivity index (χ2n) is 3.92. The Morgan fingerprint density at radius 3 is 2.70 bits per heavy atom. The SMILES string of the molecule is O=C(C=Cc1ccsc1)Nc1ccc(O)c(C(=O)O)c1. The molecule has 0 aliphatic carbocycles. The van der Waals surface area contributed by atoms with E-state index in [0.717, 1.165) is 5.56 Å². The summed E-state index contributed by atoms with van der Waals surface area (Å²) in [6.45, 7) is 0. The molecule has 2 aromatic rings. The maximum absolute atomic E-state index is 11.7. The molecular formula is C14H11NO4S. The van der Waals surface area contributed by atoms with E-state index in [1.165, 1.54) is 35.6 Å². The Kier molecular flexibility index (Phi) is 4.17. The molecule has 0 fully saturated rings. The van der Waals surface area contributed by atoms with Gasteiger partial charge in [-0.05, 0) is 46.7 Å². The van der Waals surface area contributed by atoms with Gasteiger partial charge in [0, 0.05) is 11.8 Å². The summed E-state index contributed by atoms with van der Waals surface area (Å²) < 4.78 is 0. The van der Waals surface area contributed by atoms with E-state index in [1.807, 2.05) is 16.8 Å². The summed E-state index contributed by atoms with van der Waals surface area (Å²) >= 11 is 1.53. The number of thiophene rings is 1. The number of hydrogen-bond acceptors (Lipinski definition) is 4. The molecule has 3 N–H and O–H groups in total. The van der Waals surface area contributed by atoms with Gasteiger partial charge in [-0.3, -0.25) is 4.79 Å². The van der Waals surface area contributed by atoms with Gasteiger partial charge in [0.1, 0.15) is 11.3 Å². The topological polar surface area (TPSA) is 86.6 Å². The molecule has 1 aromatic heterocycles. The molecule has 0 spiro atoms. The molecule has 2 rings (SSSR count). The summed E-state index contributed by atoms with van der Waals surface area (Å²) in [5.74, 6) is -1.98. The predicted molar refractivity (Wildman–Crippen MR) is 77.0 cm³/mol. The highest BCUT2D eigenvalue weighted by Crippen LogP contribution is 2.21. The Hall–Kier alpha value is -2.60. The fourth-order valence-electron chi connectivity index (χ4n) is 1.51. The van der Waals surface area contributed by atoms with Crippen LogP contribution in [-0.4, -0.2) is 22.1 Å². The number of carboxylic acid groups (broad SMARTS) is 1. The second kappa shape index (κ2) is 6.03. The van der Waals surface area contributed by atoms with E-state index >= 15 is 0 Å². The Labute approximate surface area is 118 Å².